The van der Waals surface area contributed by atoms with Gasteiger partial charge in [0.05, 0.1) is 0 Å². The molecule has 0 aromatic heterocycles. The number of ether oxygens (including phenoxy) is 1. The van der Waals surface area contributed by atoms with Crippen LogP contribution in [0.4, 0.5) is 0 Å². The molecule has 18 heavy (non-hydrogen) atoms. The topological polar surface area (TPSA) is 75.6 Å². The van der Waals surface area contributed by atoms with E-state index in [-0.39, 0.29) is 12.5 Å². The van der Waals surface area contributed by atoms with E-state index in [1.54, 1.807) is 0 Å². The second-order valence-corrected chi connectivity index (χ2v) is 4.05. The molecule has 1 aromatic rings. The number of carboxylic acid groups (broad SMARTS) is 1. The number of carbonyl (C=O) groups excluding carboxylic acids is 1. The molecule has 0 saturated carbocycles. The number of aliphatic carboxylic acids is 1. The van der Waals surface area contributed by atoms with Crippen LogP contribution in [0.1, 0.15) is 18.1 Å². The zero-order valence-corrected chi connectivity index (χ0v) is 10.5. The molecule has 0 heterocycles. The van der Waals surface area contributed by atoms with Crippen LogP contribution in [-0.2, 0) is 20.9 Å². The van der Waals surface area contributed by atoms with Gasteiger partial charge in [0.15, 0.2) is 6.10 Å². The van der Waals surface area contributed by atoms with Crippen molar-refractivity contribution in [1.82, 2.24) is 5.32 Å². The summed E-state index contributed by atoms with van der Waals surface area (Å²) >= 11 is 0. The number of carbonyl (C=O) groups is 2. The highest BCUT2D eigenvalue weighted by Crippen LogP contribution is 2.02. The van der Waals surface area contributed by atoms with E-state index in [1.807, 2.05) is 31.2 Å². The van der Waals surface area contributed by atoms with Gasteiger partial charge in [-0.3, -0.25) is 4.79 Å². The number of amides is 1. The van der Waals surface area contributed by atoms with Crippen molar-refractivity contribution in [2.75, 3.05) is 6.61 Å². The Balaban J connectivity index is 2.29. The smallest absolute Gasteiger partial charge is 0.332 e. The molecule has 5 heteroatoms. The van der Waals surface area contributed by atoms with E-state index < -0.39 is 12.1 Å². The van der Waals surface area contributed by atoms with Crippen LogP contribution < -0.4 is 5.32 Å². The second kappa shape index (κ2) is 6.76. The lowest BCUT2D eigenvalue weighted by molar-refractivity contribution is -0.150. The summed E-state index contributed by atoms with van der Waals surface area (Å²) in [6.07, 6.45) is -0.977. The Morgan fingerprint density at radius 2 is 1.94 bits per heavy atom. The van der Waals surface area contributed by atoms with E-state index in [0.717, 1.165) is 11.1 Å². The molecule has 2 N–H and O–H groups in total. The maximum absolute atomic E-state index is 11.4. The van der Waals surface area contributed by atoms with Gasteiger partial charge in [0.25, 0.3) is 0 Å². The molecule has 0 saturated heterocycles. The molecule has 0 spiro atoms. The zero-order valence-electron chi connectivity index (χ0n) is 10.5. The quantitative estimate of drug-likeness (QED) is 0.794. The van der Waals surface area contributed by atoms with Crippen molar-refractivity contribution >= 4 is 11.9 Å². The predicted molar refractivity (Wildman–Crippen MR) is 66.1 cm³/mol. The fraction of sp³-hybridized carbons (Fsp3) is 0.385. The molecule has 0 fully saturated rings. The predicted octanol–water partition coefficient (Wildman–Crippen LogP) is 1.10. The zero-order chi connectivity index (χ0) is 13.5. The lowest BCUT2D eigenvalue weighted by Crippen LogP contribution is -2.31. The molecule has 1 aromatic carbocycles. The second-order valence-electron chi connectivity index (χ2n) is 4.05. The Morgan fingerprint density at radius 1 is 1.33 bits per heavy atom. The van der Waals surface area contributed by atoms with Crippen molar-refractivity contribution in [1.29, 1.82) is 0 Å². The van der Waals surface area contributed by atoms with Gasteiger partial charge in [-0.25, -0.2) is 4.79 Å². The fourth-order valence-electron chi connectivity index (χ4n) is 1.23. The SMILES string of the molecule is Cc1ccc(CNC(=O)CO[C@@H](C)C(=O)O)cc1. The molecule has 0 bridgehead atoms. The van der Waals surface area contributed by atoms with Crippen molar-refractivity contribution < 1.29 is 19.4 Å². The Labute approximate surface area is 106 Å². The Bertz CT molecular complexity index is 414. The van der Waals surface area contributed by atoms with E-state index in [2.05, 4.69) is 5.32 Å². The van der Waals surface area contributed by atoms with Gasteiger partial charge in [-0.1, -0.05) is 29.8 Å². The van der Waals surface area contributed by atoms with E-state index in [1.165, 1.54) is 6.92 Å². The summed E-state index contributed by atoms with van der Waals surface area (Å²) in [6.45, 7) is 3.53. The summed E-state index contributed by atoms with van der Waals surface area (Å²) in [5, 5.41) is 11.2. The van der Waals surface area contributed by atoms with Crippen LogP contribution in [0.5, 0.6) is 0 Å². The molecule has 0 aliphatic rings. The number of hydrogen-bond donors (Lipinski definition) is 2. The maximum atomic E-state index is 11.4. The number of rotatable bonds is 6. The van der Waals surface area contributed by atoms with E-state index in [0.29, 0.717) is 6.54 Å². The van der Waals surface area contributed by atoms with Crippen molar-refractivity contribution in [2.45, 2.75) is 26.5 Å². The van der Waals surface area contributed by atoms with E-state index in [9.17, 15) is 9.59 Å². The van der Waals surface area contributed by atoms with Gasteiger partial charge in [0, 0.05) is 6.54 Å². The summed E-state index contributed by atoms with van der Waals surface area (Å²) < 4.78 is 4.86. The van der Waals surface area contributed by atoms with Crippen molar-refractivity contribution in [2.24, 2.45) is 0 Å². The summed E-state index contributed by atoms with van der Waals surface area (Å²) in [4.78, 5) is 21.8. The highest BCUT2D eigenvalue weighted by Gasteiger charge is 2.12. The molecule has 0 unspecified atom stereocenters. The van der Waals surface area contributed by atoms with Gasteiger partial charge in [0.2, 0.25) is 5.91 Å². The van der Waals surface area contributed by atoms with E-state index in [4.69, 9.17) is 9.84 Å². The molecule has 5 nitrogen and oxygen atoms in total. The molecule has 0 aliphatic carbocycles. The number of carboxylic acids is 1. The van der Waals surface area contributed by atoms with E-state index >= 15 is 0 Å². The standard InChI is InChI=1S/C13H17NO4/c1-9-3-5-11(6-4-9)7-14-12(15)8-18-10(2)13(16)17/h3-6,10H,7-8H2,1-2H3,(H,14,15)(H,16,17)/t10-/m0/s1. The minimum Gasteiger partial charge on any atom is -0.479 e. The van der Waals surface area contributed by atoms with Gasteiger partial charge < -0.3 is 15.2 Å². The number of benzene rings is 1. The van der Waals surface area contributed by atoms with Gasteiger partial charge in [0.1, 0.15) is 6.61 Å². The average molecular weight is 251 g/mol. The highest BCUT2D eigenvalue weighted by atomic mass is 16.5. The average Bonchev–Trinajstić information content (AvgIpc) is 2.35. The first-order valence-corrected chi connectivity index (χ1v) is 5.65. The van der Waals surface area contributed by atoms with Gasteiger partial charge in [-0.15, -0.1) is 0 Å². The molecular formula is C13H17NO4. The fourth-order valence-corrected chi connectivity index (χ4v) is 1.23. The van der Waals surface area contributed by atoms with Crippen LogP contribution in [0.15, 0.2) is 24.3 Å². The monoisotopic (exact) mass is 251 g/mol. The van der Waals surface area contributed by atoms with Crippen molar-refractivity contribution in [3.8, 4) is 0 Å². The van der Waals surface area contributed by atoms with Crippen LogP contribution in [0.2, 0.25) is 0 Å². The summed E-state index contributed by atoms with van der Waals surface area (Å²) in [6, 6.07) is 7.78. The normalized spacial score (nSPS) is 11.9. The number of nitrogens with one attached hydrogen (secondary N) is 1. The highest BCUT2D eigenvalue weighted by molar-refractivity contribution is 5.78. The van der Waals surface area contributed by atoms with Gasteiger partial charge in [-0.2, -0.15) is 0 Å². The maximum Gasteiger partial charge on any atom is 0.332 e. The van der Waals surface area contributed by atoms with Gasteiger partial charge in [-0.05, 0) is 19.4 Å². The third-order valence-corrected chi connectivity index (χ3v) is 2.42. The summed E-state index contributed by atoms with van der Waals surface area (Å²) in [5.41, 5.74) is 2.14. The summed E-state index contributed by atoms with van der Waals surface area (Å²) in [7, 11) is 0. The molecule has 1 rings (SSSR count). The largest absolute Gasteiger partial charge is 0.479 e. The minimum absolute atomic E-state index is 0.251. The minimum atomic E-state index is -1.08. The third-order valence-electron chi connectivity index (χ3n) is 2.42. The molecular weight excluding hydrogens is 234 g/mol. The lowest BCUT2D eigenvalue weighted by Gasteiger charge is -2.09. The first kappa shape index (κ1) is 14.2. The third kappa shape index (κ3) is 4.97. The Morgan fingerprint density at radius 3 is 2.50 bits per heavy atom. The lowest BCUT2D eigenvalue weighted by atomic mass is 10.1. The Kier molecular flexibility index (Phi) is 5.32. The first-order valence-electron chi connectivity index (χ1n) is 5.65. The van der Waals surface area contributed by atoms with Crippen molar-refractivity contribution in [3.63, 3.8) is 0 Å². The number of hydrogen-bond acceptors (Lipinski definition) is 3. The van der Waals surface area contributed by atoms with Gasteiger partial charge >= 0.3 is 5.97 Å². The molecule has 0 aliphatic heterocycles. The van der Waals surface area contributed by atoms with Crippen LogP contribution in [0.25, 0.3) is 0 Å². The van der Waals surface area contributed by atoms with Crippen LogP contribution in [0.3, 0.4) is 0 Å². The van der Waals surface area contributed by atoms with Crippen LogP contribution in [-0.4, -0.2) is 29.7 Å². The van der Waals surface area contributed by atoms with Crippen LogP contribution >= 0.6 is 0 Å². The first-order chi connectivity index (χ1) is 8.49. The number of aryl methyl sites for hydroxylation is 1. The van der Waals surface area contributed by atoms with Crippen LogP contribution in [0, 0.1) is 6.92 Å². The van der Waals surface area contributed by atoms with Crippen molar-refractivity contribution in [3.05, 3.63) is 35.4 Å². The summed E-state index contributed by atoms with van der Waals surface area (Å²) in [5.74, 6) is -1.41. The molecule has 1 atom stereocenters. The molecule has 98 valence electrons. The molecule has 1 amide bonds. The Hall–Kier alpha value is -1.88. The molecule has 0 radical (unpaired) electrons.